The number of aromatic nitrogens is 1. The van der Waals surface area contributed by atoms with Gasteiger partial charge in [-0.25, -0.2) is 4.98 Å². The lowest BCUT2D eigenvalue weighted by Crippen LogP contribution is -2.43. The molecule has 4 rings (SSSR count). The number of nitrogens with zero attached hydrogens (tertiary/aromatic N) is 2. The average Bonchev–Trinajstić information content (AvgIpc) is 3.20. The van der Waals surface area contributed by atoms with Crippen molar-refractivity contribution in [3.05, 3.63) is 71.2 Å². The third-order valence-electron chi connectivity index (χ3n) is 4.53. The van der Waals surface area contributed by atoms with E-state index in [0.29, 0.717) is 6.54 Å². The minimum absolute atomic E-state index is 0.0745. The van der Waals surface area contributed by atoms with Crippen LogP contribution in [0.15, 0.2) is 60.7 Å². The van der Waals surface area contributed by atoms with Crippen LogP contribution in [-0.4, -0.2) is 22.3 Å². The molecule has 4 heteroatoms. The van der Waals surface area contributed by atoms with Crippen molar-refractivity contribution in [2.45, 2.75) is 19.4 Å². The van der Waals surface area contributed by atoms with E-state index in [2.05, 4.69) is 19.9 Å². The molecule has 0 saturated carbocycles. The van der Waals surface area contributed by atoms with E-state index < -0.39 is 5.54 Å². The molecule has 24 heavy (non-hydrogen) atoms. The van der Waals surface area contributed by atoms with Crippen LogP contribution in [0.5, 0.6) is 0 Å². The average molecular weight is 334 g/mol. The first-order chi connectivity index (χ1) is 11.6. The maximum Gasteiger partial charge on any atom is 0.255 e. The lowest BCUT2D eigenvalue weighted by Gasteiger charge is -2.34. The van der Waals surface area contributed by atoms with Gasteiger partial charge in [-0.2, -0.15) is 0 Å². The fourth-order valence-electron chi connectivity index (χ4n) is 3.09. The molecule has 3 nitrogen and oxygen atoms in total. The van der Waals surface area contributed by atoms with Crippen LogP contribution in [0.4, 0.5) is 0 Å². The molecular formula is C20H18N2OS. The van der Waals surface area contributed by atoms with E-state index in [4.69, 9.17) is 4.98 Å². The molecule has 120 valence electrons. The summed E-state index contributed by atoms with van der Waals surface area (Å²) in [4.78, 5) is 19.6. The summed E-state index contributed by atoms with van der Waals surface area (Å²) in [5.74, 6) is 0.0745. The van der Waals surface area contributed by atoms with Gasteiger partial charge < -0.3 is 4.90 Å². The molecule has 1 aliphatic rings. The van der Waals surface area contributed by atoms with Crippen molar-refractivity contribution < 1.29 is 4.79 Å². The Bertz CT molecular complexity index is 907. The maximum atomic E-state index is 13.0. The van der Waals surface area contributed by atoms with E-state index in [1.165, 1.54) is 0 Å². The largest absolute Gasteiger partial charge is 0.323 e. The van der Waals surface area contributed by atoms with Gasteiger partial charge in [-0.3, -0.25) is 4.79 Å². The van der Waals surface area contributed by atoms with Gasteiger partial charge >= 0.3 is 0 Å². The second kappa shape index (κ2) is 5.56. The number of benzene rings is 2. The second-order valence-corrected chi connectivity index (χ2v) is 7.48. The zero-order valence-electron chi connectivity index (χ0n) is 13.7. The number of rotatable bonds is 3. The molecule has 1 aromatic heterocycles. The van der Waals surface area contributed by atoms with Gasteiger partial charge in [-0.1, -0.05) is 48.5 Å². The molecule has 0 spiro atoms. The van der Waals surface area contributed by atoms with Gasteiger partial charge in [0, 0.05) is 12.1 Å². The summed E-state index contributed by atoms with van der Waals surface area (Å²) in [6.45, 7) is 4.76. The summed E-state index contributed by atoms with van der Waals surface area (Å²) >= 11 is 1.66. The minimum atomic E-state index is -0.437. The molecule has 3 aromatic rings. The first-order valence-electron chi connectivity index (χ1n) is 8.01. The van der Waals surface area contributed by atoms with Crippen LogP contribution in [0.1, 0.15) is 24.4 Å². The highest BCUT2D eigenvalue weighted by molar-refractivity contribution is 7.18. The third kappa shape index (κ3) is 2.34. The van der Waals surface area contributed by atoms with E-state index in [0.717, 1.165) is 26.4 Å². The molecule has 1 aliphatic heterocycles. The first-order valence-corrected chi connectivity index (χ1v) is 8.82. The van der Waals surface area contributed by atoms with Gasteiger partial charge in [-0.05, 0) is 31.5 Å². The number of amides is 1. The zero-order chi connectivity index (χ0) is 16.7. The number of carbonyl (C=O) groups excluding carboxylic acids is 1. The molecule has 0 N–H and O–H groups in total. The molecule has 0 atom stereocenters. The standard InChI is InChI=1S/C20H18N2OS/c1-20(2,19-21-16-10-6-7-11-17(16)24-19)22-13-12-15(18(22)23)14-8-4-3-5-9-14/h3-12H,13H2,1-2H3. The molecule has 0 unspecified atom stereocenters. The number of carbonyl (C=O) groups is 1. The molecule has 0 bridgehead atoms. The second-order valence-electron chi connectivity index (χ2n) is 6.45. The third-order valence-corrected chi connectivity index (χ3v) is 5.88. The summed E-state index contributed by atoms with van der Waals surface area (Å²) in [6, 6.07) is 18.0. The van der Waals surface area contributed by atoms with Crippen LogP contribution in [0, 0.1) is 0 Å². The van der Waals surface area contributed by atoms with E-state index in [9.17, 15) is 4.79 Å². The molecular weight excluding hydrogens is 316 g/mol. The van der Waals surface area contributed by atoms with Crippen molar-refractivity contribution in [3.63, 3.8) is 0 Å². The number of fused-ring (bicyclic) bond motifs is 1. The number of hydrogen-bond donors (Lipinski definition) is 0. The minimum Gasteiger partial charge on any atom is -0.323 e. The fourth-order valence-corrected chi connectivity index (χ4v) is 4.17. The van der Waals surface area contributed by atoms with Crippen LogP contribution in [-0.2, 0) is 10.3 Å². The molecule has 2 heterocycles. The van der Waals surface area contributed by atoms with Gasteiger partial charge in [-0.15, -0.1) is 11.3 Å². The number of para-hydroxylation sites is 1. The predicted octanol–water partition coefficient (Wildman–Crippen LogP) is 4.46. The van der Waals surface area contributed by atoms with Gasteiger partial charge in [0.05, 0.1) is 15.8 Å². The van der Waals surface area contributed by atoms with E-state index in [-0.39, 0.29) is 5.91 Å². The molecule has 1 amide bonds. The Balaban J connectivity index is 1.67. The quantitative estimate of drug-likeness (QED) is 0.708. The Labute approximate surface area is 145 Å². The molecule has 0 aliphatic carbocycles. The number of hydrogen-bond acceptors (Lipinski definition) is 3. The Morgan fingerprint density at radius 2 is 1.75 bits per heavy atom. The highest BCUT2D eigenvalue weighted by atomic mass is 32.1. The van der Waals surface area contributed by atoms with Crippen molar-refractivity contribution in [3.8, 4) is 0 Å². The Kier molecular flexibility index (Phi) is 3.50. The predicted molar refractivity (Wildman–Crippen MR) is 98.8 cm³/mol. The highest BCUT2D eigenvalue weighted by Crippen LogP contribution is 2.37. The Morgan fingerprint density at radius 3 is 2.50 bits per heavy atom. The summed E-state index contributed by atoms with van der Waals surface area (Å²) in [6.07, 6.45) is 2.02. The van der Waals surface area contributed by atoms with Crippen LogP contribution in [0.2, 0.25) is 0 Å². The summed E-state index contributed by atoms with van der Waals surface area (Å²) in [5.41, 5.74) is 2.32. The van der Waals surface area contributed by atoms with Crippen molar-refractivity contribution in [2.24, 2.45) is 0 Å². The van der Waals surface area contributed by atoms with Gasteiger partial charge in [0.15, 0.2) is 0 Å². The van der Waals surface area contributed by atoms with Crippen LogP contribution < -0.4 is 0 Å². The highest BCUT2D eigenvalue weighted by Gasteiger charge is 2.39. The summed E-state index contributed by atoms with van der Waals surface area (Å²) in [7, 11) is 0. The summed E-state index contributed by atoms with van der Waals surface area (Å²) < 4.78 is 1.16. The van der Waals surface area contributed by atoms with Crippen LogP contribution in [0.25, 0.3) is 15.8 Å². The molecule has 2 aromatic carbocycles. The topological polar surface area (TPSA) is 33.2 Å². The number of thiazole rings is 1. The van der Waals surface area contributed by atoms with Gasteiger partial charge in [0.25, 0.3) is 5.91 Å². The lowest BCUT2D eigenvalue weighted by molar-refractivity contribution is -0.128. The van der Waals surface area contributed by atoms with Crippen molar-refractivity contribution in [1.29, 1.82) is 0 Å². The Morgan fingerprint density at radius 1 is 1.04 bits per heavy atom. The summed E-state index contributed by atoms with van der Waals surface area (Å²) in [5, 5.41) is 0.972. The SMILES string of the molecule is CC(C)(c1nc2ccccc2s1)N1CC=C(c2ccccc2)C1=O. The lowest BCUT2D eigenvalue weighted by atomic mass is 10.0. The van der Waals surface area contributed by atoms with Crippen molar-refractivity contribution in [2.75, 3.05) is 6.54 Å². The van der Waals surface area contributed by atoms with Crippen molar-refractivity contribution >= 4 is 33.0 Å². The Hall–Kier alpha value is -2.46. The molecule has 0 saturated heterocycles. The molecule has 0 fully saturated rings. The van der Waals surface area contributed by atoms with Crippen LogP contribution >= 0.6 is 11.3 Å². The zero-order valence-corrected chi connectivity index (χ0v) is 14.5. The smallest absolute Gasteiger partial charge is 0.255 e. The van der Waals surface area contributed by atoms with E-state index >= 15 is 0 Å². The molecule has 0 radical (unpaired) electrons. The monoisotopic (exact) mass is 334 g/mol. The first kappa shape index (κ1) is 15.1. The van der Waals surface area contributed by atoms with E-state index in [1.54, 1.807) is 11.3 Å². The van der Waals surface area contributed by atoms with Crippen molar-refractivity contribution in [1.82, 2.24) is 9.88 Å². The fraction of sp³-hybridized carbons (Fsp3) is 0.200. The van der Waals surface area contributed by atoms with Crippen LogP contribution in [0.3, 0.4) is 0 Å². The normalized spacial score (nSPS) is 15.2. The van der Waals surface area contributed by atoms with Gasteiger partial charge in [0.2, 0.25) is 0 Å². The maximum absolute atomic E-state index is 13.0. The van der Waals surface area contributed by atoms with Gasteiger partial charge in [0.1, 0.15) is 5.01 Å². The van der Waals surface area contributed by atoms with E-state index in [1.807, 2.05) is 59.5 Å².